The van der Waals surface area contributed by atoms with Crippen LogP contribution in [-0.2, 0) is 9.53 Å². The minimum Gasteiger partial charge on any atom is -0.469 e. The van der Waals surface area contributed by atoms with Gasteiger partial charge in [-0.15, -0.1) is 13.2 Å². The first-order valence-corrected chi connectivity index (χ1v) is 3.29. The van der Waals surface area contributed by atoms with Crippen molar-refractivity contribution in [3.05, 3.63) is 25.3 Å². The van der Waals surface area contributed by atoms with E-state index in [1.165, 1.54) is 14.0 Å². The predicted octanol–water partition coefficient (Wildman–Crippen LogP) is 2.56. The van der Waals surface area contributed by atoms with Crippen LogP contribution in [0.2, 0.25) is 0 Å². The van der Waals surface area contributed by atoms with Crippen LogP contribution in [-0.4, -0.2) is 13.1 Å². The smallest absolute Gasteiger partial charge is 0.302 e. The van der Waals surface area contributed by atoms with Gasteiger partial charge in [0.15, 0.2) is 0 Å². The normalized spacial score (nSPS) is 5.45. The molecule has 0 saturated carbocycles. The maximum Gasteiger partial charge on any atom is 0.302 e. The van der Waals surface area contributed by atoms with E-state index < -0.39 is 0 Å². The van der Waals surface area contributed by atoms with Crippen LogP contribution in [0.3, 0.4) is 0 Å². The SMILES string of the molecule is C=CC.C=CC.COC(C)=O. The predicted molar refractivity (Wildman–Crippen MR) is 49.4 cm³/mol. The van der Waals surface area contributed by atoms with E-state index in [2.05, 4.69) is 17.9 Å². The van der Waals surface area contributed by atoms with Crippen molar-refractivity contribution < 1.29 is 9.53 Å². The Labute approximate surface area is 69.6 Å². The summed E-state index contributed by atoms with van der Waals surface area (Å²) in [4.78, 5) is 9.59. The Morgan fingerprint density at radius 1 is 1.27 bits per heavy atom. The van der Waals surface area contributed by atoms with Gasteiger partial charge in [0.2, 0.25) is 0 Å². The number of ether oxygens (including phenoxy) is 1. The molecule has 0 atom stereocenters. The molecule has 0 N–H and O–H groups in total. The highest BCUT2D eigenvalue weighted by molar-refractivity contribution is 5.65. The first kappa shape index (κ1) is 16.5. The summed E-state index contributed by atoms with van der Waals surface area (Å²) in [5.74, 6) is -0.245. The highest BCUT2D eigenvalue weighted by atomic mass is 16.5. The summed E-state index contributed by atoms with van der Waals surface area (Å²) in [5, 5.41) is 0. The van der Waals surface area contributed by atoms with Crippen molar-refractivity contribution in [1.82, 2.24) is 0 Å². The molecule has 0 heterocycles. The summed E-state index contributed by atoms with van der Waals surface area (Å²) in [6.45, 7) is 11.9. The summed E-state index contributed by atoms with van der Waals surface area (Å²) in [6, 6.07) is 0. The zero-order valence-corrected chi connectivity index (χ0v) is 7.89. The maximum atomic E-state index is 9.59. The van der Waals surface area contributed by atoms with Gasteiger partial charge in [-0.1, -0.05) is 12.2 Å². The molecule has 0 saturated heterocycles. The zero-order chi connectivity index (χ0) is 9.70. The molecule has 66 valence electrons. The Balaban J connectivity index is -0.0000000933. The van der Waals surface area contributed by atoms with Gasteiger partial charge in [-0.05, 0) is 13.8 Å². The minimum atomic E-state index is -0.245. The summed E-state index contributed by atoms with van der Waals surface area (Å²) in [5.41, 5.74) is 0. The highest BCUT2D eigenvalue weighted by Crippen LogP contribution is 1.60. The second-order valence-electron chi connectivity index (χ2n) is 1.51. The van der Waals surface area contributed by atoms with Crippen LogP contribution in [0, 0.1) is 0 Å². The summed E-state index contributed by atoms with van der Waals surface area (Å²) >= 11 is 0. The molecule has 0 aliphatic heterocycles. The van der Waals surface area contributed by atoms with Crippen molar-refractivity contribution in [3.8, 4) is 0 Å². The Morgan fingerprint density at radius 2 is 1.36 bits per heavy atom. The quantitative estimate of drug-likeness (QED) is 0.400. The Hall–Kier alpha value is -1.05. The van der Waals surface area contributed by atoms with Crippen molar-refractivity contribution in [2.45, 2.75) is 20.8 Å². The Morgan fingerprint density at radius 3 is 1.36 bits per heavy atom. The van der Waals surface area contributed by atoms with Crippen LogP contribution < -0.4 is 0 Å². The molecule has 0 aliphatic carbocycles. The van der Waals surface area contributed by atoms with Crippen molar-refractivity contribution in [2.24, 2.45) is 0 Å². The first-order chi connectivity index (χ1) is 5.10. The number of hydrogen-bond acceptors (Lipinski definition) is 2. The third-order valence-electron chi connectivity index (χ3n) is 0.287. The summed E-state index contributed by atoms with van der Waals surface area (Å²) in [7, 11) is 1.35. The number of carbonyl (C=O) groups excluding carboxylic acids is 1. The molecule has 0 radical (unpaired) electrons. The molecular weight excluding hydrogens is 140 g/mol. The Bertz CT molecular complexity index is 89.7. The van der Waals surface area contributed by atoms with Crippen molar-refractivity contribution >= 4 is 5.97 Å². The van der Waals surface area contributed by atoms with Gasteiger partial charge in [-0.3, -0.25) is 4.79 Å². The molecule has 0 aromatic carbocycles. The van der Waals surface area contributed by atoms with Crippen LogP contribution in [0.25, 0.3) is 0 Å². The third kappa shape index (κ3) is 479. The van der Waals surface area contributed by atoms with Gasteiger partial charge >= 0.3 is 5.97 Å². The lowest BCUT2D eigenvalue weighted by Gasteiger charge is -1.80. The molecule has 0 aliphatic rings. The lowest BCUT2D eigenvalue weighted by Crippen LogP contribution is -1.88. The molecule has 0 amide bonds. The topological polar surface area (TPSA) is 26.3 Å². The van der Waals surface area contributed by atoms with Gasteiger partial charge < -0.3 is 4.74 Å². The van der Waals surface area contributed by atoms with E-state index in [1.807, 2.05) is 13.8 Å². The van der Waals surface area contributed by atoms with Crippen LogP contribution in [0.1, 0.15) is 20.8 Å². The second-order valence-corrected chi connectivity index (χ2v) is 1.51. The van der Waals surface area contributed by atoms with E-state index in [0.29, 0.717) is 0 Å². The van der Waals surface area contributed by atoms with E-state index in [9.17, 15) is 4.79 Å². The lowest BCUT2D eigenvalue weighted by molar-refractivity contribution is -0.137. The average Bonchev–Trinajstić information content (AvgIpc) is 1.91. The van der Waals surface area contributed by atoms with E-state index in [-0.39, 0.29) is 5.97 Å². The molecule has 2 nitrogen and oxygen atoms in total. The van der Waals surface area contributed by atoms with E-state index in [4.69, 9.17) is 0 Å². The average molecular weight is 158 g/mol. The van der Waals surface area contributed by atoms with Crippen molar-refractivity contribution in [3.63, 3.8) is 0 Å². The number of carbonyl (C=O) groups is 1. The van der Waals surface area contributed by atoms with Crippen molar-refractivity contribution in [1.29, 1.82) is 0 Å². The van der Waals surface area contributed by atoms with Gasteiger partial charge in [-0.2, -0.15) is 0 Å². The zero-order valence-electron chi connectivity index (χ0n) is 7.89. The molecule has 0 aromatic rings. The van der Waals surface area contributed by atoms with E-state index in [1.54, 1.807) is 12.2 Å². The minimum absolute atomic E-state index is 0.245. The van der Waals surface area contributed by atoms with E-state index in [0.717, 1.165) is 0 Å². The molecule has 2 heteroatoms. The van der Waals surface area contributed by atoms with E-state index >= 15 is 0 Å². The lowest BCUT2D eigenvalue weighted by atomic mass is 10.8. The fourth-order valence-corrected chi connectivity index (χ4v) is 0. The van der Waals surface area contributed by atoms with Gasteiger partial charge in [0.25, 0.3) is 0 Å². The highest BCUT2D eigenvalue weighted by Gasteiger charge is 1.75. The van der Waals surface area contributed by atoms with Crippen LogP contribution >= 0.6 is 0 Å². The largest absolute Gasteiger partial charge is 0.469 e. The van der Waals surface area contributed by atoms with Gasteiger partial charge in [0.1, 0.15) is 0 Å². The Kier molecular flexibility index (Phi) is 34.6. The summed E-state index contributed by atoms with van der Waals surface area (Å²) in [6.07, 6.45) is 3.50. The second kappa shape index (κ2) is 23.1. The molecule has 0 fully saturated rings. The maximum absolute atomic E-state index is 9.59. The molecule has 0 bridgehead atoms. The fraction of sp³-hybridized carbons (Fsp3) is 0.444. The molecule has 0 aromatic heterocycles. The third-order valence-corrected chi connectivity index (χ3v) is 0.287. The number of rotatable bonds is 0. The number of esters is 1. The van der Waals surface area contributed by atoms with Crippen LogP contribution in [0.15, 0.2) is 25.3 Å². The molecule has 0 spiro atoms. The standard InChI is InChI=1S/C3H6O2.2C3H6/c1-3(4)5-2;2*1-3-2/h1-2H3;2*3H,1H2,2H3. The molecule has 11 heavy (non-hydrogen) atoms. The monoisotopic (exact) mass is 158 g/mol. The van der Waals surface area contributed by atoms with Gasteiger partial charge in [0, 0.05) is 6.92 Å². The molecule has 0 rings (SSSR count). The first-order valence-electron chi connectivity index (χ1n) is 3.29. The number of methoxy groups -OCH3 is 1. The van der Waals surface area contributed by atoms with Crippen LogP contribution in [0.4, 0.5) is 0 Å². The summed E-state index contributed by atoms with van der Waals surface area (Å²) < 4.78 is 4.11. The van der Waals surface area contributed by atoms with Crippen LogP contribution in [0.5, 0.6) is 0 Å². The van der Waals surface area contributed by atoms with Gasteiger partial charge in [-0.25, -0.2) is 0 Å². The number of allylic oxidation sites excluding steroid dienone is 2. The fourth-order valence-electron chi connectivity index (χ4n) is 0. The van der Waals surface area contributed by atoms with Gasteiger partial charge in [0.05, 0.1) is 7.11 Å². The molecule has 0 unspecified atom stereocenters. The van der Waals surface area contributed by atoms with Crippen molar-refractivity contribution in [2.75, 3.05) is 7.11 Å². The number of hydrogen-bond donors (Lipinski definition) is 0. The molecular formula is C9H18O2.